The molecule has 8 heteroatoms. The van der Waals surface area contributed by atoms with Crippen molar-refractivity contribution < 1.29 is 14.2 Å². The Morgan fingerprint density at radius 3 is 2.32 bits per heavy atom. The molecule has 1 aliphatic heterocycles. The third-order valence-electron chi connectivity index (χ3n) is 5.25. The summed E-state index contributed by atoms with van der Waals surface area (Å²) >= 11 is 0. The van der Waals surface area contributed by atoms with Crippen LogP contribution in [0.15, 0.2) is 47.5 Å². The summed E-state index contributed by atoms with van der Waals surface area (Å²) in [6, 6.07) is 14.4. The number of benzene rings is 2. The number of methoxy groups -OCH3 is 3. The fraction of sp³-hybridized carbons (Fsp3) is 0.435. The molecule has 1 saturated heterocycles. The number of nitrogens with zero attached hydrogens (tertiary/aromatic N) is 2. The minimum atomic E-state index is 0. The number of hydrogen-bond donors (Lipinski definition) is 2. The largest absolute Gasteiger partial charge is 0.497 e. The third-order valence-corrected chi connectivity index (χ3v) is 5.25. The lowest BCUT2D eigenvalue weighted by molar-refractivity contribution is 0.321. The molecule has 1 atom stereocenters. The van der Waals surface area contributed by atoms with Gasteiger partial charge in [-0.05, 0) is 41.8 Å². The topological polar surface area (TPSA) is 67.4 Å². The van der Waals surface area contributed by atoms with E-state index in [4.69, 9.17) is 14.2 Å². The van der Waals surface area contributed by atoms with Crippen LogP contribution in [0.4, 0.5) is 0 Å². The minimum absolute atomic E-state index is 0. The molecular formula is C23H33IN4O3. The molecule has 2 N–H and O–H groups in total. The van der Waals surface area contributed by atoms with Gasteiger partial charge >= 0.3 is 0 Å². The van der Waals surface area contributed by atoms with E-state index >= 15 is 0 Å². The number of halogens is 1. The Morgan fingerprint density at radius 1 is 1.00 bits per heavy atom. The van der Waals surface area contributed by atoms with Gasteiger partial charge in [-0.3, -0.25) is 9.89 Å². The standard InChI is InChI=1S/C23H32N4O3.HI/c1-24-23(25-14-17-6-5-7-20(10-17)28-2)26-19-8-9-27(16-19)15-18-11-21(29-3)13-22(12-18)30-4;/h5-7,10-13,19H,8-9,14-16H2,1-4H3,(H2,24,25,26);1H. The number of nitrogens with one attached hydrogen (secondary N) is 2. The summed E-state index contributed by atoms with van der Waals surface area (Å²) in [7, 11) is 6.84. The van der Waals surface area contributed by atoms with Gasteiger partial charge in [0, 0.05) is 45.3 Å². The predicted octanol–water partition coefficient (Wildman–Crippen LogP) is 3.27. The van der Waals surface area contributed by atoms with Crippen molar-refractivity contribution in [1.29, 1.82) is 0 Å². The Labute approximate surface area is 202 Å². The van der Waals surface area contributed by atoms with Gasteiger partial charge in [-0.15, -0.1) is 24.0 Å². The Hall–Kier alpha value is -2.20. The zero-order chi connectivity index (χ0) is 21.3. The molecule has 170 valence electrons. The maximum atomic E-state index is 5.39. The van der Waals surface area contributed by atoms with Crippen molar-refractivity contribution in [1.82, 2.24) is 15.5 Å². The fourth-order valence-electron chi connectivity index (χ4n) is 3.67. The molecule has 7 nitrogen and oxygen atoms in total. The summed E-state index contributed by atoms with van der Waals surface area (Å²) in [6.07, 6.45) is 1.07. The molecule has 1 fully saturated rings. The van der Waals surface area contributed by atoms with Crippen LogP contribution in [-0.2, 0) is 13.1 Å². The highest BCUT2D eigenvalue weighted by Gasteiger charge is 2.23. The summed E-state index contributed by atoms with van der Waals surface area (Å²) in [6.45, 7) is 3.54. The van der Waals surface area contributed by atoms with Gasteiger partial charge in [-0.1, -0.05) is 12.1 Å². The van der Waals surface area contributed by atoms with Crippen molar-refractivity contribution in [3.05, 3.63) is 53.6 Å². The van der Waals surface area contributed by atoms with Crippen molar-refractivity contribution in [2.24, 2.45) is 4.99 Å². The van der Waals surface area contributed by atoms with Crippen molar-refractivity contribution in [3.63, 3.8) is 0 Å². The minimum Gasteiger partial charge on any atom is -0.497 e. The van der Waals surface area contributed by atoms with Crippen LogP contribution in [-0.4, -0.2) is 58.4 Å². The van der Waals surface area contributed by atoms with E-state index < -0.39 is 0 Å². The normalized spacial score (nSPS) is 16.4. The molecule has 0 spiro atoms. The van der Waals surface area contributed by atoms with Crippen LogP contribution in [0.5, 0.6) is 17.2 Å². The smallest absolute Gasteiger partial charge is 0.191 e. The molecule has 31 heavy (non-hydrogen) atoms. The molecule has 0 saturated carbocycles. The Balaban J connectivity index is 0.00000341. The van der Waals surface area contributed by atoms with Gasteiger partial charge in [0.1, 0.15) is 17.2 Å². The summed E-state index contributed by atoms with van der Waals surface area (Å²) in [4.78, 5) is 6.81. The molecule has 2 aromatic carbocycles. The lowest BCUT2D eigenvalue weighted by Crippen LogP contribution is -2.44. The second-order valence-electron chi connectivity index (χ2n) is 7.36. The highest BCUT2D eigenvalue weighted by molar-refractivity contribution is 14.0. The van der Waals surface area contributed by atoms with E-state index in [0.29, 0.717) is 12.6 Å². The monoisotopic (exact) mass is 540 g/mol. The van der Waals surface area contributed by atoms with Gasteiger partial charge in [-0.2, -0.15) is 0 Å². The second kappa shape index (κ2) is 12.6. The van der Waals surface area contributed by atoms with Crippen LogP contribution in [0, 0.1) is 0 Å². The molecule has 0 amide bonds. The number of likely N-dealkylation sites (tertiary alicyclic amines) is 1. The van der Waals surface area contributed by atoms with Crippen molar-refractivity contribution in [3.8, 4) is 17.2 Å². The molecule has 1 aliphatic rings. The molecule has 2 aromatic rings. The second-order valence-corrected chi connectivity index (χ2v) is 7.36. The van der Waals surface area contributed by atoms with Crippen molar-refractivity contribution in [2.75, 3.05) is 41.5 Å². The lowest BCUT2D eigenvalue weighted by atomic mass is 10.2. The zero-order valence-electron chi connectivity index (χ0n) is 18.7. The molecule has 3 rings (SSSR count). The fourth-order valence-corrected chi connectivity index (χ4v) is 3.67. The molecule has 1 heterocycles. The average molecular weight is 540 g/mol. The van der Waals surface area contributed by atoms with E-state index in [1.165, 1.54) is 5.56 Å². The molecule has 0 aliphatic carbocycles. The summed E-state index contributed by atoms with van der Waals surface area (Å²) in [5, 5.41) is 6.93. The van der Waals surface area contributed by atoms with Gasteiger partial charge in [-0.25, -0.2) is 0 Å². The number of hydrogen-bond acceptors (Lipinski definition) is 5. The van der Waals surface area contributed by atoms with E-state index in [1.54, 1.807) is 28.4 Å². The van der Waals surface area contributed by atoms with E-state index in [-0.39, 0.29) is 24.0 Å². The van der Waals surface area contributed by atoms with E-state index in [0.717, 1.165) is 54.8 Å². The first kappa shape index (κ1) is 25.1. The Kier molecular flexibility index (Phi) is 10.2. The Bertz CT molecular complexity index is 840. The molecule has 0 radical (unpaired) electrons. The highest BCUT2D eigenvalue weighted by atomic mass is 127. The molecule has 0 aromatic heterocycles. The first-order valence-electron chi connectivity index (χ1n) is 10.2. The van der Waals surface area contributed by atoms with Crippen LogP contribution < -0.4 is 24.8 Å². The lowest BCUT2D eigenvalue weighted by Gasteiger charge is -2.19. The number of aliphatic imine (C=N–C) groups is 1. The summed E-state index contributed by atoms with van der Waals surface area (Å²) < 4.78 is 16.1. The van der Waals surface area contributed by atoms with Gasteiger partial charge in [0.25, 0.3) is 0 Å². The van der Waals surface area contributed by atoms with Gasteiger partial charge in [0.05, 0.1) is 21.3 Å². The van der Waals surface area contributed by atoms with E-state index in [1.807, 2.05) is 24.3 Å². The van der Waals surface area contributed by atoms with Gasteiger partial charge < -0.3 is 24.8 Å². The molecule has 0 bridgehead atoms. The van der Waals surface area contributed by atoms with Crippen LogP contribution in [0.2, 0.25) is 0 Å². The van der Waals surface area contributed by atoms with Crippen LogP contribution in [0.1, 0.15) is 17.5 Å². The zero-order valence-corrected chi connectivity index (χ0v) is 21.0. The average Bonchev–Trinajstić information content (AvgIpc) is 3.22. The number of rotatable bonds is 8. The summed E-state index contributed by atoms with van der Waals surface area (Å²) in [5.41, 5.74) is 2.34. The highest BCUT2D eigenvalue weighted by Crippen LogP contribution is 2.24. The third kappa shape index (κ3) is 7.46. The maximum Gasteiger partial charge on any atom is 0.191 e. The summed E-state index contributed by atoms with van der Waals surface area (Å²) in [5.74, 6) is 3.31. The number of ether oxygens (including phenoxy) is 3. The number of guanidine groups is 1. The first-order valence-corrected chi connectivity index (χ1v) is 10.2. The Morgan fingerprint density at radius 2 is 1.68 bits per heavy atom. The SMILES string of the molecule is CN=C(NCc1cccc(OC)c1)NC1CCN(Cc2cc(OC)cc(OC)c2)C1.I. The van der Waals surface area contributed by atoms with Crippen LogP contribution >= 0.6 is 24.0 Å². The maximum absolute atomic E-state index is 5.39. The van der Waals surface area contributed by atoms with Crippen LogP contribution in [0.25, 0.3) is 0 Å². The van der Waals surface area contributed by atoms with Crippen molar-refractivity contribution in [2.45, 2.75) is 25.6 Å². The van der Waals surface area contributed by atoms with Crippen molar-refractivity contribution >= 4 is 29.9 Å². The van der Waals surface area contributed by atoms with Crippen LogP contribution in [0.3, 0.4) is 0 Å². The van der Waals surface area contributed by atoms with Gasteiger partial charge in [0.2, 0.25) is 0 Å². The van der Waals surface area contributed by atoms with E-state index in [2.05, 4.69) is 38.7 Å². The molecular weight excluding hydrogens is 507 g/mol. The predicted molar refractivity (Wildman–Crippen MR) is 135 cm³/mol. The van der Waals surface area contributed by atoms with E-state index in [9.17, 15) is 0 Å². The quantitative estimate of drug-likeness (QED) is 0.305. The van der Waals surface area contributed by atoms with Gasteiger partial charge in [0.15, 0.2) is 5.96 Å². The molecule has 1 unspecified atom stereocenters. The first-order chi connectivity index (χ1) is 14.6.